The number of carbonyl (C=O) groups excluding carboxylic acids is 1. The number of primary amides is 1. The summed E-state index contributed by atoms with van der Waals surface area (Å²) in [6.45, 7) is 2.96. The second-order valence-electron chi connectivity index (χ2n) is 4.81. The summed E-state index contributed by atoms with van der Waals surface area (Å²) in [5.41, 5.74) is 12.1. The number of nitrogens with two attached hydrogens (primary N) is 2. The molecule has 1 aliphatic rings. The number of amides is 1. The molecule has 0 aromatic heterocycles. The van der Waals surface area contributed by atoms with Crippen molar-refractivity contribution in [3.05, 3.63) is 23.8 Å². The van der Waals surface area contributed by atoms with Gasteiger partial charge in [-0.15, -0.1) is 0 Å². The minimum absolute atomic E-state index is 0.442. The van der Waals surface area contributed by atoms with Gasteiger partial charge in [0, 0.05) is 18.8 Å². The molecule has 2 rings (SSSR count). The Bertz CT molecular complexity index is 457. The molecule has 5 nitrogen and oxygen atoms in total. The molecule has 5 N–H and O–H groups in total. The molecular formula is C12H17N3O2. The van der Waals surface area contributed by atoms with Crippen molar-refractivity contribution in [3.8, 4) is 0 Å². The fraction of sp³-hybridized carbons (Fsp3) is 0.417. The van der Waals surface area contributed by atoms with Gasteiger partial charge in [-0.05, 0) is 31.5 Å². The van der Waals surface area contributed by atoms with Crippen LogP contribution in [0.3, 0.4) is 0 Å². The number of nitrogen functional groups attached to an aromatic ring is 1. The summed E-state index contributed by atoms with van der Waals surface area (Å²) in [6, 6.07) is 5.00. The monoisotopic (exact) mass is 235 g/mol. The van der Waals surface area contributed by atoms with Gasteiger partial charge >= 0.3 is 0 Å². The van der Waals surface area contributed by atoms with Gasteiger partial charge in [0.1, 0.15) is 0 Å². The highest BCUT2D eigenvalue weighted by molar-refractivity contribution is 5.99. The van der Waals surface area contributed by atoms with Crippen LogP contribution in [0.25, 0.3) is 0 Å². The lowest BCUT2D eigenvalue weighted by atomic mass is 10.1. The van der Waals surface area contributed by atoms with Crippen LogP contribution in [0.2, 0.25) is 0 Å². The fourth-order valence-corrected chi connectivity index (χ4v) is 2.17. The Morgan fingerprint density at radius 2 is 2.24 bits per heavy atom. The summed E-state index contributed by atoms with van der Waals surface area (Å²) in [4.78, 5) is 13.3. The second kappa shape index (κ2) is 3.92. The third-order valence-corrected chi connectivity index (χ3v) is 3.08. The van der Waals surface area contributed by atoms with E-state index >= 15 is 0 Å². The quantitative estimate of drug-likeness (QED) is 0.644. The average molecular weight is 235 g/mol. The molecule has 1 amide bonds. The number of rotatable bonds is 2. The van der Waals surface area contributed by atoms with Gasteiger partial charge in [0.15, 0.2) is 0 Å². The van der Waals surface area contributed by atoms with Gasteiger partial charge in [-0.1, -0.05) is 0 Å². The van der Waals surface area contributed by atoms with Crippen LogP contribution in [0.4, 0.5) is 11.4 Å². The molecule has 1 heterocycles. The Kier molecular flexibility index (Phi) is 2.71. The van der Waals surface area contributed by atoms with Crippen molar-refractivity contribution < 1.29 is 9.90 Å². The van der Waals surface area contributed by atoms with Gasteiger partial charge in [0.2, 0.25) is 0 Å². The van der Waals surface area contributed by atoms with Crippen molar-refractivity contribution in [2.75, 3.05) is 23.7 Å². The molecule has 1 atom stereocenters. The molecule has 1 unspecified atom stereocenters. The first-order valence-electron chi connectivity index (χ1n) is 5.56. The van der Waals surface area contributed by atoms with Gasteiger partial charge in [-0.25, -0.2) is 0 Å². The lowest BCUT2D eigenvalue weighted by Gasteiger charge is -2.23. The van der Waals surface area contributed by atoms with Crippen molar-refractivity contribution in [1.82, 2.24) is 0 Å². The zero-order valence-electron chi connectivity index (χ0n) is 9.81. The third-order valence-electron chi connectivity index (χ3n) is 3.08. The van der Waals surface area contributed by atoms with Gasteiger partial charge in [0.05, 0.1) is 16.9 Å². The molecule has 0 bridgehead atoms. The van der Waals surface area contributed by atoms with E-state index in [2.05, 4.69) is 0 Å². The molecule has 1 aromatic rings. The van der Waals surface area contributed by atoms with Gasteiger partial charge in [0.25, 0.3) is 5.91 Å². The predicted octanol–water partition coefficient (Wildman–Crippen LogP) is 0.329. The van der Waals surface area contributed by atoms with E-state index in [-0.39, 0.29) is 0 Å². The predicted molar refractivity (Wildman–Crippen MR) is 66.8 cm³/mol. The highest BCUT2D eigenvalue weighted by Crippen LogP contribution is 2.30. The van der Waals surface area contributed by atoms with Gasteiger partial charge in [-0.2, -0.15) is 0 Å². The molecule has 5 heteroatoms. The maximum absolute atomic E-state index is 11.3. The van der Waals surface area contributed by atoms with Crippen molar-refractivity contribution in [1.29, 1.82) is 0 Å². The van der Waals surface area contributed by atoms with Crippen LogP contribution < -0.4 is 16.4 Å². The number of carbonyl (C=O) groups is 1. The number of nitrogens with zero attached hydrogens (tertiary/aromatic N) is 1. The molecule has 1 aliphatic heterocycles. The molecule has 0 saturated carbocycles. The van der Waals surface area contributed by atoms with Crippen molar-refractivity contribution in [2.24, 2.45) is 5.73 Å². The maximum atomic E-state index is 11.3. The van der Waals surface area contributed by atoms with E-state index in [0.29, 0.717) is 36.4 Å². The summed E-state index contributed by atoms with van der Waals surface area (Å²) in [7, 11) is 0. The highest BCUT2D eigenvalue weighted by atomic mass is 16.3. The number of aliphatic hydroxyl groups is 1. The van der Waals surface area contributed by atoms with E-state index < -0.39 is 11.5 Å². The van der Waals surface area contributed by atoms with E-state index in [1.807, 2.05) is 4.90 Å². The maximum Gasteiger partial charge on any atom is 0.250 e. The van der Waals surface area contributed by atoms with E-state index in [0.717, 1.165) is 0 Å². The van der Waals surface area contributed by atoms with Crippen molar-refractivity contribution >= 4 is 17.3 Å². The largest absolute Gasteiger partial charge is 0.399 e. The van der Waals surface area contributed by atoms with Crippen molar-refractivity contribution in [3.63, 3.8) is 0 Å². The summed E-state index contributed by atoms with van der Waals surface area (Å²) in [6.07, 6.45) is 0.667. The zero-order valence-corrected chi connectivity index (χ0v) is 9.81. The van der Waals surface area contributed by atoms with E-state index in [1.165, 1.54) is 0 Å². The van der Waals surface area contributed by atoms with Crippen LogP contribution in [0.5, 0.6) is 0 Å². The Morgan fingerprint density at radius 3 is 2.76 bits per heavy atom. The molecule has 1 aromatic carbocycles. The summed E-state index contributed by atoms with van der Waals surface area (Å²) >= 11 is 0. The smallest absolute Gasteiger partial charge is 0.250 e. The minimum atomic E-state index is -0.723. The molecule has 17 heavy (non-hydrogen) atoms. The van der Waals surface area contributed by atoms with Gasteiger partial charge < -0.3 is 21.5 Å². The van der Waals surface area contributed by atoms with Gasteiger partial charge in [-0.3, -0.25) is 4.79 Å². The highest BCUT2D eigenvalue weighted by Gasteiger charge is 2.32. The third kappa shape index (κ3) is 2.34. The van der Waals surface area contributed by atoms with Crippen LogP contribution in [0, 0.1) is 0 Å². The summed E-state index contributed by atoms with van der Waals surface area (Å²) in [5.74, 6) is -0.480. The van der Waals surface area contributed by atoms with Crippen LogP contribution in [-0.4, -0.2) is 29.7 Å². The lowest BCUT2D eigenvalue weighted by molar-refractivity contribution is 0.0838. The first-order valence-corrected chi connectivity index (χ1v) is 5.56. The number of β-amino-alcohol motifs (C(OH)–C–C–N with tert-alkyl or cyclic N) is 1. The Morgan fingerprint density at radius 1 is 1.53 bits per heavy atom. The number of hydrogen-bond acceptors (Lipinski definition) is 4. The van der Waals surface area contributed by atoms with Crippen LogP contribution in [0.15, 0.2) is 18.2 Å². The molecule has 1 fully saturated rings. The Hall–Kier alpha value is -1.75. The van der Waals surface area contributed by atoms with E-state index in [4.69, 9.17) is 11.5 Å². The van der Waals surface area contributed by atoms with E-state index in [9.17, 15) is 9.90 Å². The molecule has 0 radical (unpaired) electrons. The molecule has 0 aliphatic carbocycles. The molecule has 1 saturated heterocycles. The number of hydrogen-bond donors (Lipinski definition) is 3. The second-order valence-corrected chi connectivity index (χ2v) is 4.81. The Balaban J connectivity index is 2.38. The normalized spacial score (nSPS) is 24.0. The SMILES string of the molecule is CC1(O)CCN(c2cc(N)ccc2C(N)=O)C1. The minimum Gasteiger partial charge on any atom is -0.399 e. The van der Waals surface area contributed by atoms with Crippen LogP contribution in [-0.2, 0) is 0 Å². The average Bonchev–Trinajstić information content (AvgIpc) is 2.58. The first kappa shape index (κ1) is 11.7. The van der Waals surface area contributed by atoms with Crippen molar-refractivity contribution in [2.45, 2.75) is 18.9 Å². The summed E-state index contributed by atoms with van der Waals surface area (Å²) < 4.78 is 0. The van der Waals surface area contributed by atoms with Crippen LogP contribution in [0.1, 0.15) is 23.7 Å². The fourth-order valence-electron chi connectivity index (χ4n) is 2.17. The molecule has 0 spiro atoms. The molecule has 92 valence electrons. The Labute approximate surface area is 100 Å². The number of benzene rings is 1. The van der Waals surface area contributed by atoms with Crippen LogP contribution >= 0.6 is 0 Å². The molecular weight excluding hydrogens is 218 g/mol. The topological polar surface area (TPSA) is 92.6 Å². The zero-order chi connectivity index (χ0) is 12.6. The standard InChI is InChI=1S/C12H17N3O2/c1-12(17)4-5-15(7-12)10-6-8(13)2-3-9(10)11(14)16/h2-3,6,17H,4-5,7,13H2,1H3,(H2,14,16). The summed E-state index contributed by atoms with van der Waals surface area (Å²) in [5, 5.41) is 9.94. The van der Waals surface area contributed by atoms with E-state index in [1.54, 1.807) is 25.1 Å². The first-order chi connectivity index (χ1) is 7.89. The number of anilines is 2. The lowest BCUT2D eigenvalue weighted by Crippen LogP contribution is -2.31.